The molecule has 0 aromatic rings. The van der Waals surface area contributed by atoms with Crippen LogP contribution >= 0.6 is 0 Å². The molecule has 0 fully saturated rings. The number of hydrogen-bond acceptors (Lipinski definition) is 7. The molecule has 1 unspecified atom stereocenters. The predicted octanol–water partition coefficient (Wildman–Crippen LogP) is -0.115. The molecule has 0 aliphatic rings. The number of rotatable bonds is 3. The zero-order valence-corrected chi connectivity index (χ0v) is 13.2. The molecule has 0 heterocycles. The van der Waals surface area contributed by atoms with Gasteiger partial charge in [0, 0.05) is 5.57 Å². The third-order valence-electron chi connectivity index (χ3n) is 1.38. The Labute approximate surface area is 122 Å². The van der Waals surface area contributed by atoms with Gasteiger partial charge in [-0.1, -0.05) is 13.5 Å². The van der Waals surface area contributed by atoms with Crippen LogP contribution < -0.4 is 5.73 Å². The summed E-state index contributed by atoms with van der Waals surface area (Å²) in [7, 11) is -9.33. The predicted molar refractivity (Wildman–Crippen MR) is 72.1 cm³/mol. The highest BCUT2D eigenvalue weighted by Gasteiger charge is 2.20. The number of hydrogen-bond donors (Lipinski definition) is 5. The van der Waals surface area contributed by atoms with Crippen molar-refractivity contribution in [2.45, 2.75) is 32.9 Å². The van der Waals surface area contributed by atoms with E-state index in [4.69, 9.17) is 45.5 Å². The second kappa shape index (κ2) is 9.78. The fourth-order valence-electron chi connectivity index (χ4n) is 0.371. The number of esters is 1. The average Bonchev–Trinajstić information content (AvgIpc) is 2.11. The molecule has 0 spiro atoms. The maximum atomic E-state index is 10.9. The fourth-order valence-corrected chi connectivity index (χ4v) is 0.371. The fraction of sp³-hybridized carbons (Fsp3) is 0.625. The average molecular weight is 353 g/mol. The van der Waals surface area contributed by atoms with Crippen molar-refractivity contribution in [2.75, 3.05) is 0 Å². The summed E-state index contributed by atoms with van der Waals surface area (Å²) in [5, 5.41) is 0. The van der Waals surface area contributed by atoms with E-state index in [2.05, 4.69) is 6.58 Å². The van der Waals surface area contributed by atoms with Gasteiger partial charge >= 0.3 is 26.8 Å². The van der Waals surface area contributed by atoms with E-state index in [1.807, 2.05) is 6.92 Å². The maximum absolute atomic E-state index is 10.9. The highest BCUT2D eigenvalue weighted by Crippen LogP contribution is 2.08. The first-order valence-electron chi connectivity index (χ1n) is 4.96. The molecular weight excluding hydrogens is 334 g/mol. The number of carbonyl (C=O) groups excluding carboxylic acids is 1. The largest absolute Gasteiger partial charge is 0.441 e. The summed E-state index contributed by atoms with van der Waals surface area (Å²) in [6, 6.07) is 0. The normalized spacial score (nSPS) is 13.5. The van der Waals surface area contributed by atoms with Gasteiger partial charge in [-0.3, -0.25) is 23.9 Å². The Balaban J connectivity index is -0.000000270. The van der Waals surface area contributed by atoms with Gasteiger partial charge in [0.2, 0.25) is 0 Å². The van der Waals surface area contributed by atoms with Crippen LogP contribution in [-0.2, 0) is 30.3 Å². The van der Waals surface area contributed by atoms with Gasteiger partial charge in [-0.15, -0.1) is 0 Å². The Morgan fingerprint density at radius 1 is 1.14 bits per heavy atom. The van der Waals surface area contributed by atoms with E-state index < -0.39 is 32.5 Å². The van der Waals surface area contributed by atoms with Gasteiger partial charge in [-0.2, -0.15) is 16.8 Å². The molecule has 11 nitrogen and oxygen atoms in total. The first-order chi connectivity index (χ1) is 8.89. The Morgan fingerprint density at radius 2 is 1.38 bits per heavy atom. The summed E-state index contributed by atoms with van der Waals surface area (Å²) in [6.45, 7) is 8.55. The van der Waals surface area contributed by atoms with E-state index in [1.54, 1.807) is 13.8 Å². The number of ether oxygens (including phenoxy) is 1. The molecule has 0 aromatic carbocycles. The molecule has 0 rings (SSSR count). The molecular formula is C8H19NO10S2. The molecule has 0 aromatic heterocycles. The van der Waals surface area contributed by atoms with Gasteiger partial charge in [0.25, 0.3) is 0 Å². The van der Waals surface area contributed by atoms with Crippen molar-refractivity contribution in [3.63, 3.8) is 0 Å². The highest BCUT2D eigenvalue weighted by molar-refractivity contribution is 7.80. The lowest BCUT2D eigenvalue weighted by Gasteiger charge is -2.22. The molecule has 0 amide bonds. The first-order valence-corrected chi connectivity index (χ1v) is 7.76. The summed E-state index contributed by atoms with van der Waals surface area (Å²) in [5.41, 5.74) is 5.08. The minimum atomic E-state index is -4.67. The van der Waals surface area contributed by atoms with Crippen LogP contribution in [-0.4, -0.2) is 46.7 Å². The third kappa shape index (κ3) is 45.4. The van der Waals surface area contributed by atoms with Crippen LogP contribution in [0.3, 0.4) is 0 Å². The van der Waals surface area contributed by atoms with Crippen LogP contribution in [0.1, 0.15) is 27.2 Å². The Kier molecular flexibility index (Phi) is 11.6. The number of carbonyl (C=O) groups is 1. The zero-order valence-electron chi connectivity index (χ0n) is 11.5. The molecule has 13 heteroatoms. The molecule has 0 radical (unpaired) electrons. The van der Waals surface area contributed by atoms with Crippen LogP contribution in [0.15, 0.2) is 12.2 Å². The summed E-state index contributed by atoms with van der Waals surface area (Å²) < 4.78 is 68.1. The van der Waals surface area contributed by atoms with Crippen LogP contribution in [0.4, 0.5) is 0 Å². The summed E-state index contributed by atoms with van der Waals surface area (Å²) in [4.78, 5) is 10.9. The van der Waals surface area contributed by atoms with E-state index >= 15 is 0 Å². The van der Waals surface area contributed by atoms with Crippen LogP contribution in [0.5, 0.6) is 0 Å². The molecule has 1 atom stereocenters. The summed E-state index contributed by atoms with van der Waals surface area (Å²) in [5.74, 6) is -0.433. The molecule has 6 N–H and O–H groups in total. The minimum absolute atomic E-state index is 0.370. The van der Waals surface area contributed by atoms with Gasteiger partial charge in [-0.05, 0) is 20.3 Å². The molecule has 0 aliphatic heterocycles. The van der Waals surface area contributed by atoms with Crippen molar-refractivity contribution < 1.29 is 44.6 Å². The topological polar surface area (TPSA) is 202 Å². The lowest BCUT2D eigenvalue weighted by Crippen LogP contribution is -2.40. The zero-order chi connectivity index (χ0) is 18.1. The Morgan fingerprint density at radius 3 is 1.52 bits per heavy atom. The second-order valence-electron chi connectivity index (χ2n) is 3.73. The lowest BCUT2D eigenvalue weighted by atomic mass is 10.2. The van der Waals surface area contributed by atoms with Crippen molar-refractivity contribution >= 4 is 26.8 Å². The highest BCUT2D eigenvalue weighted by atomic mass is 32.3. The summed E-state index contributed by atoms with van der Waals surface area (Å²) in [6.07, 6.45) is 0.589. The Hall–Kier alpha value is -1.09. The molecule has 0 saturated carbocycles. The summed E-state index contributed by atoms with van der Waals surface area (Å²) >= 11 is 0. The second-order valence-corrected chi connectivity index (χ2v) is 5.52. The van der Waals surface area contributed by atoms with E-state index in [0.29, 0.717) is 12.0 Å². The smallest absolute Gasteiger partial charge is 0.394 e. The quantitative estimate of drug-likeness (QED) is 0.196. The standard InChI is InChI=1S/C8H15NO2.2H2O4S/c1-5-8(4,9)11-7(10)6(2)3;2*1-5(2,3)4/h2,5,9H2,1,3-4H3;2*(H2,1,2,3,4). The van der Waals surface area contributed by atoms with Crippen molar-refractivity contribution in [3.8, 4) is 0 Å². The van der Waals surface area contributed by atoms with Gasteiger partial charge < -0.3 is 4.74 Å². The van der Waals surface area contributed by atoms with Gasteiger partial charge in [0.15, 0.2) is 5.72 Å². The van der Waals surface area contributed by atoms with Crippen LogP contribution in [0.25, 0.3) is 0 Å². The van der Waals surface area contributed by atoms with E-state index in [9.17, 15) is 4.79 Å². The van der Waals surface area contributed by atoms with Gasteiger partial charge in [0.1, 0.15) is 0 Å². The van der Waals surface area contributed by atoms with Crippen molar-refractivity contribution in [2.24, 2.45) is 5.73 Å². The van der Waals surface area contributed by atoms with Gasteiger partial charge in [-0.25, -0.2) is 4.79 Å². The minimum Gasteiger partial charge on any atom is -0.441 e. The molecule has 0 aliphatic carbocycles. The first kappa shape index (κ1) is 24.9. The maximum Gasteiger partial charge on any atom is 0.394 e. The van der Waals surface area contributed by atoms with E-state index in [-0.39, 0.29) is 0 Å². The van der Waals surface area contributed by atoms with Crippen molar-refractivity contribution in [1.29, 1.82) is 0 Å². The molecule has 0 bridgehead atoms. The van der Waals surface area contributed by atoms with Crippen molar-refractivity contribution in [1.82, 2.24) is 0 Å². The van der Waals surface area contributed by atoms with E-state index in [1.165, 1.54) is 0 Å². The monoisotopic (exact) mass is 353 g/mol. The molecule has 21 heavy (non-hydrogen) atoms. The van der Waals surface area contributed by atoms with Crippen LogP contribution in [0.2, 0.25) is 0 Å². The lowest BCUT2D eigenvalue weighted by molar-refractivity contribution is -0.152. The van der Waals surface area contributed by atoms with Crippen molar-refractivity contribution in [3.05, 3.63) is 12.2 Å². The number of nitrogens with two attached hydrogens (primary N) is 1. The van der Waals surface area contributed by atoms with Gasteiger partial charge in [0.05, 0.1) is 0 Å². The Bertz CT molecular complexity index is 487. The molecule has 128 valence electrons. The van der Waals surface area contributed by atoms with E-state index in [0.717, 1.165) is 0 Å². The third-order valence-corrected chi connectivity index (χ3v) is 1.38. The molecule has 0 saturated heterocycles. The SMILES string of the molecule is C=C(C)C(=O)OC(C)(N)CC.O=S(=O)(O)O.O=S(=O)(O)O. The van der Waals surface area contributed by atoms with Crippen LogP contribution in [0, 0.1) is 0 Å².